The first-order chi connectivity index (χ1) is 9.85. The van der Waals surface area contributed by atoms with Gasteiger partial charge < -0.3 is 21.7 Å². The van der Waals surface area contributed by atoms with Gasteiger partial charge in [0.25, 0.3) is 0 Å². The first kappa shape index (κ1) is 35.8. The van der Waals surface area contributed by atoms with Crippen LogP contribution in [0.4, 0.5) is 0 Å². The van der Waals surface area contributed by atoms with Crippen molar-refractivity contribution in [1.29, 1.82) is 0 Å². The van der Waals surface area contributed by atoms with E-state index in [1.807, 2.05) is 0 Å². The molecule has 0 heterocycles. The third-order valence-electron chi connectivity index (χ3n) is 3.24. The highest BCUT2D eigenvalue weighted by molar-refractivity contribution is 5.86. The Bertz CT molecular complexity index is 222. The van der Waals surface area contributed by atoms with Crippen molar-refractivity contribution in [2.75, 3.05) is 39.3 Å². The summed E-state index contributed by atoms with van der Waals surface area (Å²) < 4.78 is 0. The number of halogens is 4. The molecular formula is C16H40Cl4N4. The molecule has 0 aromatic rings. The van der Waals surface area contributed by atoms with Crippen LogP contribution in [0.15, 0.2) is 12.2 Å². The zero-order valence-corrected chi connectivity index (χ0v) is 18.5. The minimum absolute atomic E-state index is 0. The third-order valence-corrected chi connectivity index (χ3v) is 3.24. The fourth-order valence-corrected chi connectivity index (χ4v) is 2.09. The molecule has 5 N–H and O–H groups in total. The standard InChI is InChI=1S/C16H36N4.4ClH/c1-3-8-16(9-15-18-11-4-2)20-14-6-5-12-19-13-7-10-17;;;;/h5-6,16,18-20H,3-4,7-15,17H2,1-2H3;4*1H. The van der Waals surface area contributed by atoms with Gasteiger partial charge >= 0.3 is 0 Å². The lowest BCUT2D eigenvalue weighted by Crippen LogP contribution is -2.32. The number of nitrogens with two attached hydrogens (primary N) is 1. The fourth-order valence-electron chi connectivity index (χ4n) is 2.09. The van der Waals surface area contributed by atoms with Gasteiger partial charge in [-0.15, -0.1) is 49.6 Å². The largest absolute Gasteiger partial charge is 0.330 e. The highest BCUT2D eigenvalue weighted by Crippen LogP contribution is 2.00. The van der Waals surface area contributed by atoms with Crippen LogP contribution in [0.25, 0.3) is 0 Å². The van der Waals surface area contributed by atoms with Crippen molar-refractivity contribution in [3.05, 3.63) is 12.2 Å². The summed E-state index contributed by atoms with van der Waals surface area (Å²) in [7, 11) is 0. The molecule has 24 heavy (non-hydrogen) atoms. The van der Waals surface area contributed by atoms with Gasteiger partial charge in [-0.25, -0.2) is 0 Å². The smallest absolute Gasteiger partial charge is 0.0137 e. The molecule has 8 heteroatoms. The lowest BCUT2D eigenvalue weighted by molar-refractivity contribution is 0.452. The summed E-state index contributed by atoms with van der Waals surface area (Å²) in [6, 6.07) is 0.638. The zero-order valence-electron chi connectivity index (χ0n) is 15.2. The van der Waals surface area contributed by atoms with Crippen LogP contribution in [0.5, 0.6) is 0 Å². The highest BCUT2D eigenvalue weighted by atomic mass is 35.5. The number of nitrogens with one attached hydrogen (secondary N) is 3. The molecule has 0 aromatic carbocycles. The van der Waals surface area contributed by atoms with Gasteiger partial charge in [-0.1, -0.05) is 32.4 Å². The van der Waals surface area contributed by atoms with Crippen molar-refractivity contribution in [2.45, 2.75) is 52.0 Å². The van der Waals surface area contributed by atoms with Gasteiger partial charge in [0.15, 0.2) is 0 Å². The maximum Gasteiger partial charge on any atom is 0.0137 e. The van der Waals surface area contributed by atoms with Crippen LogP contribution in [-0.2, 0) is 0 Å². The molecule has 0 bridgehead atoms. The van der Waals surface area contributed by atoms with Crippen molar-refractivity contribution >= 4 is 49.6 Å². The van der Waals surface area contributed by atoms with Gasteiger partial charge in [-0.3, -0.25) is 0 Å². The minimum Gasteiger partial charge on any atom is -0.330 e. The van der Waals surface area contributed by atoms with Crippen LogP contribution in [0.1, 0.15) is 46.0 Å². The molecule has 0 saturated carbocycles. The second-order valence-corrected chi connectivity index (χ2v) is 5.25. The lowest BCUT2D eigenvalue weighted by Gasteiger charge is -2.17. The molecule has 1 unspecified atom stereocenters. The topological polar surface area (TPSA) is 62.1 Å². The van der Waals surface area contributed by atoms with E-state index in [9.17, 15) is 0 Å². The molecule has 152 valence electrons. The fraction of sp³-hybridized carbons (Fsp3) is 0.875. The monoisotopic (exact) mass is 428 g/mol. The Morgan fingerprint density at radius 2 is 1.46 bits per heavy atom. The van der Waals surface area contributed by atoms with Crippen LogP contribution < -0.4 is 21.7 Å². The summed E-state index contributed by atoms with van der Waals surface area (Å²) in [4.78, 5) is 0. The second-order valence-electron chi connectivity index (χ2n) is 5.25. The first-order valence-corrected chi connectivity index (χ1v) is 8.35. The van der Waals surface area contributed by atoms with E-state index < -0.39 is 0 Å². The number of rotatable bonds is 15. The highest BCUT2D eigenvalue weighted by Gasteiger charge is 2.04. The molecule has 0 radical (unpaired) electrons. The molecule has 4 nitrogen and oxygen atoms in total. The summed E-state index contributed by atoms with van der Waals surface area (Å²) in [5.74, 6) is 0. The Hall–Kier alpha value is 0.740. The van der Waals surface area contributed by atoms with Gasteiger partial charge in [-0.2, -0.15) is 0 Å². The van der Waals surface area contributed by atoms with Crippen LogP contribution in [0.3, 0.4) is 0 Å². The normalized spacial score (nSPS) is 11.0. The van der Waals surface area contributed by atoms with Crippen LogP contribution in [0.2, 0.25) is 0 Å². The Kier molecular flexibility index (Phi) is 47.0. The van der Waals surface area contributed by atoms with Gasteiger partial charge in [0.2, 0.25) is 0 Å². The van der Waals surface area contributed by atoms with E-state index in [-0.39, 0.29) is 49.6 Å². The Balaban J connectivity index is -0.000000301. The Morgan fingerprint density at radius 3 is 2.04 bits per heavy atom. The molecule has 0 amide bonds. The predicted molar refractivity (Wildman–Crippen MR) is 119 cm³/mol. The van der Waals surface area contributed by atoms with E-state index in [0.717, 1.165) is 45.7 Å². The summed E-state index contributed by atoms with van der Waals surface area (Å²) in [6.45, 7) is 10.4. The first-order valence-electron chi connectivity index (χ1n) is 8.35. The molecule has 0 rings (SSSR count). The Morgan fingerprint density at radius 1 is 0.792 bits per heavy atom. The molecule has 0 fully saturated rings. The molecule has 0 aromatic heterocycles. The average molecular weight is 430 g/mol. The summed E-state index contributed by atoms with van der Waals surface area (Å²) >= 11 is 0. The zero-order chi connectivity index (χ0) is 14.9. The van der Waals surface area contributed by atoms with E-state index in [2.05, 4.69) is 41.9 Å². The van der Waals surface area contributed by atoms with E-state index >= 15 is 0 Å². The molecular weight excluding hydrogens is 390 g/mol. The molecule has 0 spiro atoms. The van der Waals surface area contributed by atoms with Gasteiger partial charge in [0.1, 0.15) is 0 Å². The third kappa shape index (κ3) is 27.6. The predicted octanol–water partition coefficient (Wildman–Crippen LogP) is 3.32. The summed E-state index contributed by atoms with van der Waals surface area (Å²) in [5.41, 5.74) is 5.44. The Labute approximate surface area is 174 Å². The van der Waals surface area contributed by atoms with Gasteiger partial charge in [0.05, 0.1) is 0 Å². The molecule has 1 atom stereocenters. The maximum absolute atomic E-state index is 5.44. The van der Waals surface area contributed by atoms with E-state index in [1.54, 1.807) is 0 Å². The van der Waals surface area contributed by atoms with E-state index in [1.165, 1.54) is 25.7 Å². The van der Waals surface area contributed by atoms with Crippen molar-refractivity contribution in [3.63, 3.8) is 0 Å². The van der Waals surface area contributed by atoms with Gasteiger partial charge in [0, 0.05) is 19.1 Å². The number of hydrogen-bond donors (Lipinski definition) is 4. The number of hydrogen-bond acceptors (Lipinski definition) is 4. The van der Waals surface area contributed by atoms with Crippen molar-refractivity contribution < 1.29 is 0 Å². The summed E-state index contributed by atoms with van der Waals surface area (Å²) in [6.07, 6.45) is 10.4. The van der Waals surface area contributed by atoms with E-state index in [4.69, 9.17) is 5.73 Å². The maximum atomic E-state index is 5.44. The van der Waals surface area contributed by atoms with Crippen LogP contribution >= 0.6 is 49.6 Å². The molecule has 0 aliphatic carbocycles. The summed E-state index contributed by atoms with van der Waals surface area (Å²) in [5, 5.41) is 10.4. The van der Waals surface area contributed by atoms with Crippen LogP contribution in [0, 0.1) is 0 Å². The van der Waals surface area contributed by atoms with Gasteiger partial charge in [-0.05, 0) is 51.9 Å². The molecule has 0 aliphatic rings. The van der Waals surface area contributed by atoms with E-state index in [0.29, 0.717) is 6.04 Å². The second kappa shape index (κ2) is 31.5. The van der Waals surface area contributed by atoms with Crippen molar-refractivity contribution in [1.82, 2.24) is 16.0 Å². The molecule has 0 aliphatic heterocycles. The average Bonchev–Trinajstić information content (AvgIpc) is 2.46. The SMILES string of the molecule is CCCNCCC(CCC)NCC=CCNCCCN.Cl.Cl.Cl.Cl. The van der Waals surface area contributed by atoms with Crippen molar-refractivity contribution in [2.24, 2.45) is 5.73 Å². The van der Waals surface area contributed by atoms with Crippen LogP contribution in [-0.4, -0.2) is 45.3 Å². The van der Waals surface area contributed by atoms with Crippen molar-refractivity contribution in [3.8, 4) is 0 Å². The minimum atomic E-state index is 0. The quantitative estimate of drug-likeness (QED) is 0.238. The lowest BCUT2D eigenvalue weighted by atomic mass is 10.1. The molecule has 0 saturated heterocycles.